The van der Waals surface area contributed by atoms with Crippen molar-refractivity contribution in [3.8, 4) is 0 Å². The molecule has 0 radical (unpaired) electrons. The molecule has 4 nitrogen and oxygen atoms in total. The van der Waals surface area contributed by atoms with Gasteiger partial charge in [0.15, 0.2) is 0 Å². The van der Waals surface area contributed by atoms with Crippen LogP contribution in [0.1, 0.15) is 31.6 Å². The first-order chi connectivity index (χ1) is 10.8. The molecule has 1 amide bonds. The predicted octanol–water partition coefficient (Wildman–Crippen LogP) is 3.32. The molecule has 2 rings (SSSR count). The summed E-state index contributed by atoms with van der Waals surface area (Å²) in [4.78, 5) is 11.8. The molecule has 126 valence electrons. The standard InChI is InChI=1S/C17H22INO3Se/c1-17(2,3)22-16(21)19-11(10-20)8-9-14-15(18)12-6-4-5-7-13(12)23-14/h4-7,11,20H,8-10H2,1-3H3,(H,19,21)/t11-/m0/s1. The Morgan fingerprint density at radius 3 is 2.70 bits per heavy atom. The molecule has 0 aliphatic heterocycles. The predicted molar refractivity (Wildman–Crippen MR) is 102 cm³/mol. The molecule has 0 saturated carbocycles. The number of aryl methyl sites for hydroxylation is 1. The zero-order valence-corrected chi connectivity index (χ0v) is 17.4. The molecule has 1 atom stereocenters. The minimum atomic E-state index is -0.530. The molecule has 6 heteroatoms. The molecule has 0 spiro atoms. The summed E-state index contributed by atoms with van der Waals surface area (Å²) in [6, 6.07) is 8.21. The minimum absolute atomic E-state index is 0.0803. The van der Waals surface area contributed by atoms with Crippen LogP contribution in [0.5, 0.6) is 0 Å². The van der Waals surface area contributed by atoms with Crippen molar-refractivity contribution in [2.24, 2.45) is 0 Å². The first-order valence-corrected chi connectivity index (χ1v) is 10.4. The van der Waals surface area contributed by atoms with E-state index in [9.17, 15) is 9.90 Å². The van der Waals surface area contributed by atoms with E-state index in [-0.39, 0.29) is 12.6 Å². The van der Waals surface area contributed by atoms with Gasteiger partial charge in [-0.25, -0.2) is 0 Å². The van der Waals surface area contributed by atoms with Crippen LogP contribution >= 0.6 is 22.6 Å². The number of amides is 1. The number of aliphatic hydroxyl groups is 1. The van der Waals surface area contributed by atoms with Crippen LogP contribution < -0.4 is 5.32 Å². The van der Waals surface area contributed by atoms with Gasteiger partial charge in [0.25, 0.3) is 0 Å². The Morgan fingerprint density at radius 1 is 1.39 bits per heavy atom. The van der Waals surface area contributed by atoms with Crippen LogP contribution in [0.3, 0.4) is 0 Å². The van der Waals surface area contributed by atoms with E-state index in [1.54, 1.807) is 0 Å². The van der Waals surface area contributed by atoms with Crippen molar-refractivity contribution in [2.75, 3.05) is 6.61 Å². The zero-order valence-electron chi connectivity index (χ0n) is 13.6. The number of nitrogens with one attached hydrogen (secondary N) is 1. The van der Waals surface area contributed by atoms with E-state index in [1.807, 2.05) is 20.8 Å². The van der Waals surface area contributed by atoms with Crippen molar-refractivity contribution in [1.82, 2.24) is 5.32 Å². The van der Waals surface area contributed by atoms with Gasteiger partial charge >= 0.3 is 157 Å². The van der Waals surface area contributed by atoms with E-state index in [0.29, 0.717) is 20.9 Å². The van der Waals surface area contributed by atoms with Gasteiger partial charge in [0, 0.05) is 0 Å². The molecule has 1 aromatic carbocycles. The summed E-state index contributed by atoms with van der Waals surface area (Å²) in [6.45, 7) is 5.40. The third-order valence-electron chi connectivity index (χ3n) is 3.26. The van der Waals surface area contributed by atoms with E-state index < -0.39 is 11.7 Å². The molecule has 0 aliphatic carbocycles. The van der Waals surface area contributed by atoms with E-state index in [1.165, 1.54) is 17.7 Å². The number of benzene rings is 1. The quantitative estimate of drug-likeness (QED) is 0.496. The number of alkyl carbamates (subject to hydrolysis) is 1. The van der Waals surface area contributed by atoms with Gasteiger partial charge in [-0.05, 0) is 0 Å². The second kappa shape index (κ2) is 8.01. The summed E-state index contributed by atoms with van der Waals surface area (Å²) in [5, 5.41) is 13.6. The van der Waals surface area contributed by atoms with Gasteiger partial charge < -0.3 is 0 Å². The molecule has 2 aromatic rings. The van der Waals surface area contributed by atoms with Gasteiger partial charge in [-0.3, -0.25) is 0 Å². The Balaban J connectivity index is 1.97. The Labute approximate surface area is 156 Å². The van der Waals surface area contributed by atoms with E-state index in [0.717, 1.165) is 6.42 Å². The summed E-state index contributed by atoms with van der Waals surface area (Å²) >= 11 is 2.75. The molecule has 1 heterocycles. The average molecular weight is 494 g/mol. The first kappa shape index (κ1) is 18.8. The molecule has 0 bridgehead atoms. The van der Waals surface area contributed by atoms with Gasteiger partial charge in [0.05, 0.1) is 0 Å². The second-order valence-corrected chi connectivity index (χ2v) is 9.86. The molecule has 2 N–H and O–H groups in total. The number of hydrogen-bond acceptors (Lipinski definition) is 3. The summed E-state index contributed by atoms with van der Waals surface area (Å²) < 4.78 is 9.42. The normalized spacial score (nSPS) is 13.1. The van der Waals surface area contributed by atoms with E-state index >= 15 is 0 Å². The number of carbonyl (C=O) groups excluding carboxylic acids is 1. The maximum atomic E-state index is 11.8. The Kier molecular flexibility index (Phi) is 6.54. The fourth-order valence-corrected chi connectivity index (χ4v) is 6.27. The van der Waals surface area contributed by atoms with E-state index in [2.05, 4.69) is 52.2 Å². The first-order valence-electron chi connectivity index (χ1n) is 7.56. The maximum absolute atomic E-state index is 11.8. The number of carbonyl (C=O) groups is 1. The second-order valence-electron chi connectivity index (χ2n) is 6.40. The molecule has 1 aromatic heterocycles. The molecular weight excluding hydrogens is 472 g/mol. The number of ether oxygens (including phenoxy) is 1. The number of aliphatic hydroxyl groups excluding tert-OH is 1. The van der Waals surface area contributed by atoms with Crippen molar-refractivity contribution in [3.05, 3.63) is 32.3 Å². The fraction of sp³-hybridized carbons (Fsp3) is 0.471. The molecule has 0 unspecified atom stereocenters. The molecule has 0 fully saturated rings. The third-order valence-corrected chi connectivity index (χ3v) is 7.90. The molecule has 23 heavy (non-hydrogen) atoms. The monoisotopic (exact) mass is 495 g/mol. The molecule has 0 saturated heterocycles. The van der Waals surface area contributed by atoms with Crippen molar-refractivity contribution in [1.29, 1.82) is 0 Å². The Morgan fingerprint density at radius 2 is 2.09 bits per heavy atom. The Bertz CT molecular complexity index is 678. The number of fused-ring (bicyclic) bond motifs is 1. The average Bonchev–Trinajstić information content (AvgIpc) is 2.78. The van der Waals surface area contributed by atoms with Gasteiger partial charge in [-0.1, -0.05) is 0 Å². The zero-order chi connectivity index (χ0) is 17.0. The molecule has 0 aliphatic rings. The third kappa shape index (κ3) is 5.48. The van der Waals surface area contributed by atoms with E-state index in [4.69, 9.17) is 4.74 Å². The van der Waals surface area contributed by atoms with Gasteiger partial charge in [0.2, 0.25) is 0 Å². The topological polar surface area (TPSA) is 58.6 Å². The summed E-state index contributed by atoms with van der Waals surface area (Å²) in [7, 11) is 0. The van der Waals surface area contributed by atoms with Crippen molar-refractivity contribution in [3.63, 3.8) is 0 Å². The van der Waals surface area contributed by atoms with Crippen molar-refractivity contribution < 1.29 is 14.6 Å². The summed E-state index contributed by atoms with van der Waals surface area (Å²) in [6.07, 6.45) is 1.13. The van der Waals surface area contributed by atoms with Crippen LogP contribution in [0.2, 0.25) is 0 Å². The van der Waals surface area contributed by atoms with Crippen molar-refractivity contribution >= 4 is 52.8 Å². The van der Waals surface area contributed by atoms with Gasteiger partial charge in [-0.2, -0.15) is 0 Å². The number of hydrogen-bond donors (Lipinski definition) is 2. The van der Waals surface area contributed by atoms with Crippen LogP contribution in [-0.4, -0.2) is 44.0 Å². The SMILES string of the molecule is CC(C)(C)OC(=O)N[C@H](CO)CCc1[se]c2ccccc2c1I. The van der Waals surface area contributed by atoms with Crippen molar-refractivity contribution in [2.45, 2.75) is 45.3 Å². The van der Waals surface area contributed by atoms with Crippen LogP contribution in [0, 0.1) is 3.57 Å². The van der Waals surface area contributed by atoms with Crippen LogP contribution in [0.4, 0.5) is 4.79 Å². The number of halogens is 1. The Hall–Kier alpha value is -0.561. The molecular formula is C17H22INO3Se. The summed E-state index contributed by atoms with van der Waals surface area (Å²) in [5.41, 5.74) is -0.530. The summed E-state index contributed by atoms with van der Waals surface area (Å²) in [5.74, 6) is 0. The van der Waals surface area contributed by atoms with Crippen LogP contribution in [0.15, 0.2) is 24.3 Å². The van der Waals surface area contributed by atoms with Gasteiger partial charge in [-0.15, -0.1) is 0 Å². The van der Waals surface area contributed by atoms with Crippen LogP contribution in [0.25, 0.3) is 9.65 Å². The fourth-order valence-electron chi connectivity index (χ4n) is 2.21. The van der Waals surface area contributed by atoms with Crippen LogP contribution in [-0.2, 0) is 11.2 Å². The number of rotatable bonds is 5. The van der Waals surface area contributed by atoms with Gasteiger partial charge in [0.1, 0.15) is 0 Å².